The molecule has 7 heteroatoms. The van der Waals surface area contributed by atoms with Crippen LogP contribution in [0.2, 0.25) is 10.0 Å². The Hall–Kier alpha value is -2.44. The highest BCUT2D eigenvalue weighted by molar-refractivity contribution is 6.30. The molecule has 2 heterocycles. The zero-order valence-corrected chi connectivity index (χ0v) is 20.8. The summed E-state index contributed by atoms with van der Waals surface area (Å²) in [6, 6.07) is 14.6. The summed E-state index contributed by atoms with van der Waals surface area (Å²) in [6.45, 7) is -2.24. The van der Waals surface area contributed by atoms with Gasteiger partial charge >= 0.3 is 0 Å². The normalized spacial score (nSPS) is 23.6. The number of ether oxygens (including phenoxy) is 1. The van der Waals surface area contributed by atoms with E-state index in [1.54, 1.807) is 68.4 Å². The number of hydrogen-bond acceptors (Lipinski definition) is 4. The first-order valence-electron chi connectivity index (χ1n) is 13.8. The molecule has 35 heavy (non-hydrogen) atoms. The maximum Gasteiger partial charge on any atom is 0.257 e. The van der Waals surface area contributed by atoms with Gasteiger partial charge in [0.25, 0.3) is 5.91 Å². The van der Waals surface area contributed by atoms with Crippen LogP contribution >= 0.6 is 23.2 Å². The van der Waals surface area contributed by atoms with Crippen molar-refractivity contribution >= 4 is 29.1 Å². The summed E-state index contributed by atoms with van der Waals surface area (Å²) >= 11 is 12.2. The zero-order chi connectivity index (χ0) is 29.3. The summed E-state index contributed by atoms with van der Waals surface area (Å²) in [4.78, 5) is 19.9. The second-order valence-corrected chi connectivity index (χ2v) is 10.5. The van der Waals surface area contributed by atoms with E-state index < -0.39 is 36.1 Å². The molecule has 0 bridgehead atoms. The number of nitrogens with zero attached hydrogens (tertiary/aromatic N) is 2. The molecule has 2 aliphatic rings. The van der Waals surface area contributed by atoms with Crippen LogP contribution in [0.1, 0.15) is 73.1 Å². The van der Waals surface area contributed by atoms with Gasteiger partial charge in [-0.2, -0.15) is 0 Å². The van der Waals surface area contributed by atoms with Gasteiger partial charge in [0.2, 0.25) is 0 Å². The number of carbonyl (C=O) groups is 1. The Kier molecular flexibility index (Phi) is 4.61. The molecule has 1 atom stereocenters. The molecule has 1 amide bonds. The van der Waals surface area contributed by atoms with E-state index in [-0.39, 0.29) is 24.9 Å². The Morgan fingerprint density at radius 1 is 1.14 bits per heavy atom. The quantitative estimate of drug-likeness (QED) is 0.401. The highest BCUT2D eigenvalue weighted by atomic mass is 35.5. The summed E-state index contributed by atoms with van der Waals surface area (Å²) in [5.74, 6) is -0.498. The first-order chi connectivity index (χ1) is 18.5. The Balaban J connectivity index is 1.77. The molecular weight excluding hydrogens is 483 g/mol. The van der Waals surface area contributed by atoms with Gasteiger partial charge in [-0.05, 0) is 68.0 Å². The molecule has 0 radical (unpaired) electrons. The highest BCUT2D eigenvalue weighted by Crippen LogP contribution is 2.51. The van der Waals surface area contributed by atoms with Crippen molar-refractivity contribution in [1.82, 2.24) is 9.88 Å². The molecule has 182 valence electrons. The SMILES string of the molecule is [2H]C([2H])([2H])C1(C([2H])([2H])O[C@]2(c3ccc(Cl)cc3)c3ccc(C(C)(C)O)cc3C(=O)N2Cc2ccc(Cl)cn2)CC1. The van der Waals surface area contributed by atoms with Crippen molar-refractivity contribution in [2.45, 2.75) is 51.4 Å². The van der Waals surface area contributed by atoms with E-state index in [0.717, 1.165) is 0 Å². The fourth-order valence-corrected chi connectivity index (χ4v) is 4.47. The smallest absolute Gasteiger partial charge is 0.257 e. The third kappa shape index (κ3) is 4.47. The maximum absolute atomic E-state index is 14.2. The number of benzene rings is 2. The van der Waals surface area contributed by atoms with Gasteiger partial charge in [0, 0.05) is 32.0 Å². The number of pyridine rings is 1. The van der Waals surface area contributed by atoms with Gasteiger partial charge in [0.05, 0.1) is 32.2 Å². The molecule has 1 aliphatic carbocycles. The molecule has 1 N–H and O–H groups in total. The number of carbonyl (C=O) groups excluding carboxylic acids is 1. The Labute approximate surface area is 222 Å². The minimum atomic E-state index is -2.68. The number of hydrogen-bond donors (Lipinski definition) is 1. The minimum absolute atomic E-state index is 0.102. The molecule has 0 saturated heterocycles. The lowest BCUT2D eigenvalue weighted by Gasteiger charge is -2.40. The van der Waals surface area contributed by atoms with E-state index in [0.29, 0.717) is 32.4 Å². The molecule has 0 unspecified atom stereocenters. The van der Waals surface area contributed by atoms with Gasteiger partial charge in [-0.15, -0.1) is 0 Å². The number of amides is 1. The molecule has 2 aromatic carbocycles. The van der Waals surface area contributed by atoms with Crippen molar-refractivity contribution < 1.29 is 21.5 Å². The fraction of sp³-hybridized carbons (Fsp3) is 0.357. The molecule has 3 aromatic rings. The largest absolute Gasteiger partial charge is 0.386 e. The molecule has 1 aliphatic heterocycles. The lowest BCUT2D eigenvalue weighted by Crippen LogP contribution is -2.47. The maximum atomic E-state index is 14.2. The van der Waals surface area contributed by atoms with Gasteiger partial charge in [0.15, 0.2) is 5.72 Å². The van der Waals surface area contributed by atoms with Crippen LogP contribution in [-0.4, -0.2) is 27.5 Å². The first-order valence-corrected chi connectivity index (χ1v) is 12.0. The van der Waals surface area contributed by atoms with Crippen LogP contribution in [0.15, 0.2) is 60.8 Å². The predicted molar refractivity (Wildman–Crippen MR) is 136 cm³/mol. The van der Waals surface area contributed by atoms with Crippen molar-refractivity contribution in [3.63, 3.8) is 0 Å². The van der Waals surface area contributed by atoms with Crippen molar-refractivity contribution in [3.05, 3.63) is 98.8 Å². The number of fused-ring (bicyclic) bond motifs is 1. The van der Waals surface area contributed by atoms with Crippen LogP contribution in [0.3, 0.4) is 0 Å². The van der Waals surface area contributed by atoms with Crippen molar-refractivity contribution in [2.75, 3.05) is 6.56 Å². The van der Waals surface area contributed by atoms with Crippen LogP contribution in [0, 0.1) is 5.41 Å². The lowest BCUT2D eigenvalue weighted by atomic mass is 9.89. The second kappa shape index (κ2) is 8.59. The molecule has 5 rings (SSSR count). The van der Waals surface area contributed by atoms with E-state index in [4.69, 9.17) is 34.8 Å². The van der Waals surface area contributed by atoms with Gasteiger partial charge in [-0.3, -0.25) is 14.7 Å². The standard InChI is InChI=1S/C28H28Cl2N2O3/c1-26(2,34)19-6-11-24-23(14-19)25(33)32(16-22-10-9-21(30)15-31-22)28(24,35-17-27(3)12-13-27)18-4-7-20(29)8-5-18/h4-11,14-15,34H,12-13,16-17H2,1-3H3/t28-/m1/s1/i3D3,17D2. The van der Waals surface area contributed by atoms with E-state index in [2.05, 4.69) is 4.98 Å². The average Bonchev–Trinajstić information content (AvgIpc) is 3.67. The van der Waals surface area contributed by atoms with E-state index >= 15 is 0 Å². The van der Waals surface area contributed by atoms with Crippen LogP contribution in [0.25, 0.3) is 0 Å². The van der Waals surface area contributed by atoms with Gasteiger partial charge in [-0.25, -0.2) is 0 Å². The first kappa shape index (κ1) is 18.8. The zero-order valence-electron chi connectivity index (χ0n) is 24.3. The molecule has 1 saturated carbocycles. The van der Waals surface area contributed by atoms with Gasteiger partial charge in [-0.1, -0.05) is 54.3 Å². The second-order valence-electron chi connectivity index (χ2n) is 9.62. The van der Waals surface area contributed by atoms with E-state index in [9.17, 15) is 9.90 Å². The highest BCUT2D eigenvalue weighted by Gasteiger charge is 2.54. The minimum Gasteiger partial charge on any atom is -0.386 e. The topological polar surface area (TPSA) is 62.7 Å². The van der Waals surface area contributed by atoms with Crippen molar-refractivity contribution in [2.24, 2.45) is 5.41 Å². The monoisotopic (exact) mass is 515 g/mol. The van der Waals surface area contributed by atoms with Crippen LogP contribution in [0.5, 0.6) is 0 Å². The molecule has 0 spiro atoms. The third-order valence-corrected chi connectivity index (χ3v) is 6.91. The summed E-state index contributed by atoms with van der Waals surface area (Å²) in [7, 11) is 0. The Morgan fingerprint density at radius 3 is 2.46 bits per heavy atom. The average molecular weight is 516 g/mol. The van der Waals surface area contributed by atoms with Crippen molar-refractivity contribution in [3.8, 4) is 0 Å². The Morgan fingerprint density at radius 2 is 1.86 bits per heavy atom. The van der Waals surface area contributed by atoms with E-state index in [1.807, 2.05) is 0 Å². The number of rotatable bonds is 7. The summed E-state index contributed by atoms with van der Waals surface area (Å²) in [5.41, 5.74) is -3.10. The van der Waals surface area contributed by atoms with Crippen LogP contribution in [-0.2, 0) is 22.6 Å². The number of aromatic nitrogens is 1. The third-order valence-electron chi connectivity index (χ3n) is 6.44. The molecule has 1 fully saturated rings. The lowest BCUT2D eigenvalue weighted by molar-refractivity contribution is -0.123. The van der Waals surface area contributed by atoms with Crippen LogP contribution in [0.4, 0.5) is 0 Å². The predicted octanol–water partition coefficient (Wildman–Crippen LogP) is 6.29. The Bertz CT molecular complexity index is 1450. The van der Waals surface area contributed by atoms with Gasteiger partial charge < -0.3 is 9.84 Å². The summed E-state index contributed by atoms with van der Waals surface area (Å²) in [5, 5.41) is 11.5. The number of halogens is 2. The molecule has 1 aromatic heterocycles. The molecular formula is C28H28Cl2N2O3. The summed E-state index contributed by atoms with van der Waals surface area (Å²) < 4.78 is 48.8. The number of aliphatic hydroxyl groups is 1. The summed E-state index contributed by atoms with van der Waals surface area (Å²) in [6.07, 6.45) is 1.64. The van der Waals surface area contributed by atoms with E-state index in [1.165, 1.54) is 11.1 Å². The fourth-order valence-electron chi connectivity index (χ4n) is 4.23. The van der Waals surface area contributed by atoms with Crippen molar-refractivity contribution in [1.29, 1.82) is 0 Å². The van der Waals surface area contributed by atoms with Crippen LogP contribution < -0.4 is 0 Å². The molecule has 5 nitrogen and oxygen atoms in total. The van der Waals surface area contributed by atoms with Gasteiger partial charge in [0.1, 0.15) is 0 Å².